The summed E-state index contributed by atoms with van der Waals surface area (Å²) in [6.45, 7) is 2.02. The molecule has 17 heavy (non-hydrogen) atoms. The minimum Gasteiger partial charge on any atom is -0.493 e. The highest BCUT2D eigenvalue weighted by Gasteiger charge is 2.05. The van der Waals surface area contributed by atoms with Crippen molar-refractivity contribution in [1.29, 1.82) is 0 Å². The molecule has 0 saturated heterocycles. The van der Waals surface area contributed by atoms with Gasteiger partial charge in [0.05, 0.1) is 7.11 Å². The largest absolute Gasteiger partial charge is 0.493 e. The Hall–Kier alpha value is -2.16. The summed E-state index contributed by atoms with van der Waals surface area (Å²) in [4.78, 5) is 0. The number of methoxy groups -OCH3 is 1. The molecule has 3 heteroatoms. The lowest BCUT2D eigenvalue weighted by Crippen LogP contribution is -1.92. The Morgan fingerprint density at radius 2 is 1.82 bits per heavy atom. The van der Waals surface area contributed by atoms with Crippen LogP contribution in [-0.4, -0.2) is 7.11 Å². The average Bonchev–Trinajstić information content (AvgIpc) is 2.31. The number of anilines is 1. The van der Waals surface area contributed by atoms with Crippen LogP contribution in [0.25, 0.3) is 0 Å². The molecule has 0 aromatic heterocycles. The number of nitrogen functional groups attached to an aromatic ring is 1. The zero-order valence-corrected chi connectivity index (χ0v) is 9.94. The zero-order valence-electron chi connectivity index (χ0n) is 9.94. The Labute approximate surface area is 101 Å². The highest BCUT2D eigenvalue weighted by molar-refractivity contribution is 5.53. The third-order valence-corrected chi connectivity index (χ3v) is 2.41. The van der Waals surface area contributed by atoms with Gasteiger partial charge in [0, 0.05) is 11.8 Å². The van der Waals surface area contributed by atoms with Crippen LogP contribution >= 0.6 is 0 Å². The van der Waals surface area contributed by atoms with E-state index in [4.69, 9.17) is 15.2 Å². The van der Waals surface area contributed by atoms with Gasteiger partial charge in [-0.15, -0.1) is 0 Å². The van der Waals surface area contributed by atoms with Gasteiger partial charge in [-0.2, -0.15) is 0 Å². The van der Waals surface area contributed by atoms with Crippen LogP contribution in [0.1, 0.15) is 5.56 Å². The Morgan fingerprint density at radius 1 is 1.00 bits per heavy atom. The van der Waals surface area contributed by atoms with E-state index in [-0.39, 0.29) is 0 Å². The molecule has 0 amide bonds. The summed E-state index contributed by atoms with van der Waals surface area (Å²) in [7, 11) is 1.60. The standard InChI is InChI=1S/C14H15NO2/c1-10-4-3-5-12(8-10)17-13-7-6-11(15)9-14(13)16-2/h3-9H,15H2,1-2H3. The smallest absolute Gasteiger partial charge is 0.169 e. The van der Waals surface area contributed by atoms with Gasteiger partial charge in [0.1, 0.15) is 5.75 Å². The molecule has 2 aromatic carbocycles. The summed E-state index contributed by atoms with van der Waals surface area (Å²) < 4.78 is 11.0. The maximum absolute atomic E-state index is 5.76. The summed E-state index contributed by atoms with van der Waals surface area (Å²) >= 11 is 0. The molecule has 0 unspecified atom stereocenters. The van der Waals surface area contributed by atoms with Crippen molar-refractivity contribution in [3.05, 3.63) is 48.0 Å². The molecule has 2 aromatic rings. The summed E-state index contributed by atoms with van der Waals surface area (Å²) in [6, 6.07) is 13.2. The van der Waals surface area contributed by atoms with E-state index < -0.39 is 0 Å². The summed E-state index contributed by atoms with van der Waals surface area (Å²) in [5.41, 5.74) is 7.49. The minimum absolute atomic E-state index is 0.631. The number of nitrogens with two attached hydrogens (primary N) is 1. The molecule has 0 heterocycles. The van der Waals surface area contributed by atoms with Crippen LogP contribution in [0.5, 0.6) is 17.2 Å². The van der Waals surface area contributed by atoms with Gasteiger partial charge >= 0.3 is 0 Å². The van der Waals surface area contributed by atoms with Crippen molar-refractivity contribution in [2.75, 3.05) is 12.8 Å². The predicted molar refractivity (Wildman–Crippen MR) is 68.7 cm³/mol. The van der Waals surface area contributed by atoms with Crippen LogP contribution < -0.4 is 15.2 Å². The zero-order chi connectivity index (χ0) is 12.3. The molecule has 0 spiro atoms. The number of hydrogen-bond acceptors (Lipinski definition) is 3. The first-order valence-corrected chi connectivity index (χ1v) is 5.37. The van der Waals surface area contributed by atoms with Gasteiger partial charge in [-0.05, 0) is 36.8 Å². The number of hydrogen-bond donors (Lipinski definition) is 1. The highest BCUT2D eigenvalue weighted by atomic mass is 16.5. The van der Waals surface area contributed by atoms with Gasteiger partial charge in [-0.25, -0.2) is 0 Å². The van der Waals surface area contributed by atoms with Crippen molar-refractivity contribution in [3.63, 3.8) is 0 Å². The lowest BCUT2D eigenvalue weighted by Gasteiger charge is -2.11. The first-order chi connectivity index (χ1) is 8.19. The molecular weight excluding hydrogens is 214 g/mol. The highest BCUT2D eigenvalue weighted by Crippen LogP contribution is 2.33. The first kappa shape index (κ1) is 11.3. The fraction of sp³-hybridized carbons (Fsp3) is 0.143. The monoisotopic (exact) mass is 229 g/mol. The van der Waals surface area contributed by atoms with Gasteiger partial charge in [0.25, 0.3) is 0 Å². The van der Waals surface area contributed by atoms with Crippen molar-refractivity contribution >= 4 is 5.69 Å². The van der Waals surface area contributed by atoms with Gasteiger partial charge < -0.3 is 15.2 Å². The Morgan fingerprint density at radius 3 is 2.53 bits per heavy atom. The number of rotatable bonds is 3. The van der Waals surface area contributed by atoms with E-state index in [2.05, 4.69) is 0 Å². The summed E-state index contributed by atoms with van der Waals surface area (Å²) in [5.74, 6) is 2.08. The van der Waals surface area contributed by atoms with E-state index in [1.54, 1.807) is 25.3 Å². The molecule has 0 saturated carbocycles. The third kappa shape index (κ3) is 2.69. The number of benzene rings is 2. The fourth-order valence-corrected chi connectivity index (χ4v) is 1.57. The van der Waals surface area contributed by atoms with Gasteiger partial charge in [0.2, 0.25) is 0 Å². The van der Waals surface area contributed by atoms with Crippen LogP contribution in [-0.2, 0) is 0 Å². The topological polar surface area (TPSA) is 44.5 Å². The Balaban J connectivity index is 2.29. The van der Waals surface area contributed by atoms with Crippen molar-refractivity contribution in [3.8, 4) is 17.2 Å². The number of ether oxygens (including phenoxy) is 2. The average molecular weight is 229 g/mol. The van der Waals surface area contributed by atoms with Crippen molar-refractivity contribution in [1.82, 2.24) is 0 Å². The van der Waals surface area contributed by atoms with Gasteiger partial charge in [-0.1, -0.05) is 12.1 Å². The quantitative estimate of drug-likeness (QED) is 0.820. The second-order valence-corrected chi connectivity index (χ2v) is 3.83. The maximum Gasteiger partial charge on any atom is 0.169 e. The van der Waals surface area contributed by atoms with E-state index in [1.165, 1.54) is 0 Å². The minimum atomic E-state index is 0.631. The molecule has 0 aliphatic rings. The predicted octanol–water partition coefficient (Wildman–Crippen LogP) is 3.38. The molecule has 0 radical (unpaired) electrons. The van der Waals surface area contributed by atoms with E-state index in [0.717, 1.165) is 11.3 Å². The molecule has 0 aliphatic heterocycles. The second-order valence-electron chi connectivity index (χ2n) is 3.83. The van der Waals surface area contributed by atoms with E-state index >= 15 is 0 Å². The van der Waals surface area contributed by atoms with Gasteiger partial charge in [-0.3, -0.25) is 0 Å². The van der Waals surface area contributed by atoms with Crippen LogP contribution in [0.15, 0.2) is 42.5 Å². The van der Waals surface area contributed by atoms with E-state index in [9.17, 15) is 0 Å². The SMILES string of the molecule is COc1cc(N)ccc1Oc1cccc(C)c1. The van der Waals surface area contributed by atoms with E-state index in [0.29, 0.717) is 17.2 Å². The summed E-state index contributed by atoms with van der Waals surface area (Å²) in [6.07, 6.45) is 0. The number of aryl methyl sites for hydroxylation is 1. The lowest BCUT2D eigenvalue weighted by atomic mass is 10.2. The van der Waals surface area contributed by atoms with Crippen molar-refractivity contribution in [2.45, 2.75) is 6.92 Å². The van der Waals surface area contributed by atoms with Crippen molar-refractivity contribution in [2.24, 2.45) is 0 Å². The van der Waals surface area contributed by atoms with Crippen LogP contribution in [0.2, 0.25) is 0 Å². The van der Waals surface area contributed by atoms with Crippen LogP contribution in [0.4, 0.5) is 5.69 Å². The fourth-order valence-electron chi connectivity index (χ4n) is 1.57. The summed E-state index contributed by atoms with van der Waals surface area (Å²) in [5, 5.41) is 0. The molecule has 0 aliphatic carbocycles. The second kappa shape index (κ2) is 4.78. The first-order valence-electron chi connectivity index (χ1n) is 5.37. The van der Waals surface area contributed by atoms with Gasteiger partial charge in [0.15, 0.2) is 11.5 Å². The molecule has 0 bridgehead atoms. The molecule has 0 atom stereocenters. The van der Waals surface area contributed by atoms with E-state index in [1.807, 2.05) is 31.2 Å². The van der Waals surface area contributed by atoms with Crippen molar-refractivity contribution < 1.29 is 9.47 Å². The molecule has 2 rings (SSSR count). The lowest BCUT2D eigenvalue weighted by molar-refractivity contribution is 0.379. The normalized spacial score (nSPS) is 10.0. The molecule has 0 fully saturated rings. The Bertz CT molecular complexity index is 523. The molecular formula is C14H15NO2. The van der Waals surface area contributed by atoms with Crippen LogP contribution in [0, 0.1) is 6.92 Å². The van der Waals surface area contributed by atoms with Crippen LogP contribution in [0.3, 0.4) is 0 Å². The Kier molecular flexibility index (Phi) is 3.19. The molecule has 3 nitrogen and oxygen atoms in total. The molecule has 2 N–H and O–H groups in total. The maximum atomic E-state index is 5.76. The molecule has 88 valence electrons. The third-order valence-electron chi connectivity index (χ3n) is 2.41.